The molecule has 28 heavy (non-hydrogen) atoms. The number of aryl methyl sites for hydroxylation is 1. The van der Waals surface area contributed by atoms with E-state index in [1.165, 1.54) is 0 Å². The molecule has 3 heterocycles. The van der Waals surface area contributed by atoms with Gasteiger partial charge in [0, 0.05) is 17.3 Å². The molecule has 1 aromatic heterocycles. The molecule has 1 N–H and O–H groups in total. The van der Waals surface area contributed by atoms with Crippen molar-refractivity contribution in [3.05, 3.63) is 35.2 Å². The molecule has 0 unspecified atom stereocenters. The van der Waals surface area contributed by atoms with Crippen LogP contribution in [0.15, 0.2) is 18.2 Å². The van der Waals surface area contributed by atoms with Gasteiger partial charge in [-0.25, -0.2) is 8.42 Å². The highest BCUT2D eigenvalue weighted by Crippen LogP contribution is 2.34. The Kier molecular flexibility index (Phi) is 4.08. The number of rotatable bonds is 3. The Bertz CT molecular complexity index is 1060. The van der Waals surface area contributed by atoms with Gasteiger partial charge in [-0.3, -0.25) is 9.48 Å². The number of sulfone groups is 1. The van der Waals surface area contributed by atoms with Crippen LogP contribution in [0.4, 0.5) is 5.69 Å². The monoisotopic (exact) mass is 403 g/mol. The van der Waals surface area contributed by atoms with E-state index in [4.69, 9.17) is 9.47 Å². The minimum absolute atomic E-state index is 0.0395. The Morgan fingerprint density at radius 3 is 2.79 bits per heavy atom. The molecule has 1 atom stereocenters. The summed E-state index contributed by atoms with van der Waals surface area (Å²) in [6.45, 7) is 0.981. The van der Waals surface area contributed by atoms with Crippen LogP contribution in [0, 0.1) is 0 Å². The summed E-state index contributed by atoms with van der Waals surface area (Å²) in [5.74, 6) is 1.18. The van der Waals surface area contributed by atoms with Crippen LogP contribution in [-0.4, -0.2) is 48.8 Å². The van der Waals surface area contributed by atoms with E-state index in [2.05, 4.69) is 10.4 Å². The van der Waals surface area contributed by atoms with Crippen LogP contribution >= 0.6 is 0 Å². The number of hydrogen-bond acceptors (Lipinski definition) is 6. The van der Waals surface area contributed by atoms with Crippen molar-refractivity contribution in [3.8, 4) is 11.5 Å². The van der Waals surface area contributed by atoms with Crippen LogP contribution < -0.4 is 14.8 Å². The molecule has 1 aliphatic carbocycles. The average molecular weight is 403 g/mol. The molecular weight excluding hydrogens is 382 g/mol. The largest absolute Gasteiger partial charge is 0.486 e. The highest BCUT2D eigenvalue weighted by atomic mass is 32.2. The number of nitrogens with one attached hydrogen (secondary N) is 1. The summed E-state index contributed by atoms with van der Waals surface area (Å²) >= 11 is 0. The van der Waals surface area contributed by atoms with Gasteiger partial charge in [0.2, 0.25) is 0 Å². The summed E-state index contributed by atoms with van der Waals surface area (Å²) in [7, 11) is -3.07. The number of ether oxygens (including phenoxy) is 2. The SMILES string of the molecule is O=C(Nc1ccc2c(c1)OCCO2)c1c2c(nn1[C@@H]1CCS(=O)(=O)C1)CCC2. The molecule has 1 amide bonds. The van der Waals surface area contributed by atoms with Crippen LogP contribution in [0.2, 0.25) is 0 Å². The first kappa shape index (κ1) is 17.5. The lowest BCUT2D eigenvalue weighted by Gasteiger charge is -2.19. The number of fused-ring (bicyclic) bond motifs is 2. The van der Waals surface area contributed by atoms with E-state index in [1.54, 1.807) is 22.9 Å². The van der Waals surface area contributed by atoms with Crippen LogP contribution in [-0.2, 0) is 22.7 Å². The van der Waals surface area contributed by atoms with Crippen LogP contribution in [0.1, 0.15) is 40.6 Å². The lowest BCUT2D eigenvalue weighted by Crippen LogP contribution is -2.23. The van der Waals surface area contributed by atoms with Gasteiger partial charge in [0.1, 0.15) is 18.9 Å². The zero-order valence-electron chi connectivity index (χ0n) is 15.3. The standard InChI is InChI=1S/C19H21N3O5S/c23-19(20-12-4-5-16-17(10-12)27-8-7-26-16)18-14-2-1-3-15(14)21-22(18)13-6-9-28(24,25)11-13/h4-5,10,13H,1-3,6-9,11H2,(H,20,23)/t13-/m1/s1. The summed E-state index contributed by atoms with van der Waals surface area (Å²) in [5.41, 5.74) is 2.95. The fourth-order valence-corrected chi connectivity index (χ4v) is 5.89. The van der Waals surface area contributed by atoms with Crippen molar-refractivity contribution in [1.82, 2.24) is 9.78 Å². The fraction of sp³-hybridized carbons (Fsp3) is 0.474. The first-order chi connectivity index (χ1) is 13.5. The zero-order chi connectivity index (χ0) is 19.3. The van der Waals surface area contributed by atoms with E-state index >= 15 is 0 Å². The predicted octanol–water partition coefficient (Wildman–Crippen LogP) is 1.75. The maximum atomic E-state index is 13.1. The smallest absolute Gasteiger partial charge is 0.274 e. The molecule has 1 fully saturated rings. The van der Waals surface area contributed by atoms with Crippen LogP contribution in [0.25, 0.3) is 0 Å². The van der Waals surface area contributed by atoms with Crippen molar-refractivity contribution in [2.45, 2.75) is 31.7 Å². The number of anilines is 1. The molecule has 1 aromatic carbocycles. The Labute approximate surface area is 162 Å². The van der Waals surface area contributed by atoms with Crippen LogP contribution in [0.5, 0.6) is 11.5 Å². The molecule has 3 aliphatic rings. The molecule has 2 aromatic rings. The Morgan fingerprint density at radius 2 is 2.00 bits per heavy atom. The molecule has 9 heteroatoms. The summed E-state index contributed by atoms with van der Waals surface area (Å²) in [6.07, 6.45) is 3.07. The number of carbonyl (C=O) groups excluding carboxylic acids is 1. The third-order valence-electron chi connectivity index (χ3n) is 5.50. The number of benzene rings is 1. The van der Waals surface area contributed by atoms with Gasteiger partial charge < -0.3 is 14.8 Å². The van der Waals surface area contributed by atoms with Gasteiger partial charge >= 0.3 is 0 Å². The number of hydrogen-bond donors (Lipinski definition) is 1. The van der Waals surface area contributed by atoms with Crippen molar-refractivity contribution in [2.24, 2.45) is 0 Å². The molecule has 1 saturated heterocycles. The molecule has 148 valence electrons. The van der Waals surface area contributed by atoms with E-state index in [0.717, 1.165) is 30.5 Å². The predicted molar refractivity (Wildman–Crippen MR) is 102 cm³/mol. The number of amides is 1. The Balaban J connectivity index is 1.46. The minimum Gasteiger partial charge on any atom is -0.486 e. The second-order valence-corrected chi connectivity index (χ2v) is 9.67. The quantitative estimate of drug-likeness (QED) is 0.838. The molecule has 5 rings (SSSR count). The lowest BCUT2D eigenvalue weighted by atomic mass is 10.1. The molecule has 2 aliphatic heterocycles. The van der Waals surface area contributed by atoms with E-state index in [0.29, 0.717) is 42.5 Å². The number of aromatic nitrogens is 2. The minimum atomic E-state index is -3.07. The maximum Gasteiger partial charge on any atom is 0.274 e. The van der Waals surface area contributed by atoms with Gasteiger partial charge in [-0.15, -0.1) is 0 Å². The molecule has 0 saturated carbocycles. The lowest BCUT2D eigenvalue weighted by molar-refractivity contribution is 0.101. The number of carbonyl (C=O) groups is 1. The van der Waals surface area contributed by atoms with Gasteiger partial charge in [-0.05, 0) is 37.8 Å². The van der Waals surface area contributed by atoms with E-state index in [-0.39, 0.29) is 23.5 Å². The topological polar surface area (TPSA) is 99.5 Å². The molecule has 8 nitrogen and oxygen atoms in total. The van der Waals surface area contributed by atoms with Gasteiger partial charge in [-0.1, -0.05) is 0 Å². The zero-order valence-corrected chi connectivity index (χ0v) is 16.1. The van der Waals surface area contributed by atoms with Crippen molar-refractivity contribution in [1.29, 1.82) is 0 Å². The van der Waals surface area contributed by atoms with E-state index < -0.39 is 9.84 Å². The van der Waals surface area contributed by atoms with Gasteiger partial charge in [0.25, 0.3) is 5.91 Å². The van der Waals surface area contributed by atoms with E-state index in [1.807, 2.05) is 0 Å². The molecular formula is C19H21N3O5S. The first-order valence-electron chi connectivity index (χ1n) is 9.52. The second kappa shape index (κ2) is 6.51. The fourth-order valence-electron chi connectivity index (χ4n) is 4.20. The van der Waals surface area contributed by atoms with Crippen molar-refractivity contribution >= 4 is 21.4 Å². The summed E-state index contributed by atoms with van der Waals surface area (Å²) in [4.78, 5) is 13.1. The van der Waals surface area contributed by atoms with Gasteiger partial charge in [0.15, 0.2) is 21.3 Å². The second-order valence-electron chi connectivity index (χ2n) is 7.44. The van der Waals surface area contributed by atoms with Gasteiger partial charge in [0.05, 0.1) is 23.2 Å². The highest BCUT2D eigenvalue weighted by molar-refractivity contribution is 7.91. The normalized spacial score (nSPS) is 22.1. The molecule has 0 bridgehead atoms. The third-order valence-corrected chi connectivity index (χ3v) is 7.25. The molecule has 0 spiro atoms. The van der Waals surface area contributed by atoms with Crippen molar-refractivity contribution in [3.63, 3.8) is 0 Å². The van der Waals surface area contributed by atoms with Gasteiger partial charge in [-0.2, -0.15) is 5.10 Å². The maximum absolute atomic E-state index is 13.1. The summed E-state index contributed by atoms with van der Waals surface area (Å²) < 4.78 is 36.6. The average Bonchev–Trinajstić information content (AvgIpc) is 3.35. The summed E-state index contributed by atoms with van der Waals surface area (Å²) in [5, 5.41) is 7.54. The first-order valence-corrected chi connectivity index (χ1v) is 11.3. The van der Waals surface area contributed by atoms with E-state index in [9.17, 15) is 13.2 Å². The van der Waals surface area contributed by atoms with Crippen molar-refractivity contribution in [2.75, 3.05) is 30.0 Å². The third kappa shape index (κ3) is 3.03. The van der Waals surface area contributed by atoms with Crippen LogP contribution in [0.3, 0.4) is 0 Å². The van der Waals surface area contributed by atoms with Crippen molar-refractivity contribution < 1.29 is 22.7 Å². The Morgan fingerprint density at radius 1 is 1.18 bits per heavy atom. The number of nitrogens with zero attached hydrogens (tertiary/aromatic N) is 2. The summed E-state index contributed by atoms with van der Waals surface area (Å²) in [6, 6.07) is 5.01. The Hall–Kier alpha value is -2.55. The highest BCUT2D eigenvalue weighted by Gasteiger charge is 2.35. The molecule has 0 radical (unpaired) electrons.